The average Bonchev–Trinajstić information content (AvgIpc) is 2.22. The molecule has 0 aliphatic rings. The molecule has 84 valence electrons. The Kier molecular flexibility index (Phi) is 39.8. The number of allylic oxidation sites excluding steroid dienone is 6. The summed E-state index contributed by atoms with van der Waals surface area (Å²) in [6.45, 7) is 12.3. The predicted octanol–water partition coefficient (Wildman–Crippen LogP) is 5.53. The van der Waals surface area contributed by atoms with E-state index < -0.39 is 0 Å². The lowest BCUT2D eigenvalue weighted by molar-refractivity contribution is 1.22. The molecular weight excluding hydrogens is 168 g/mol. The standard InChI is InChI=1S/2C5H10.C4H8/c2*1-3-5-4-2;1-3-4-2/h2*3,5H,4H2,1-2H3;3-4H,1-2H3/b2*5-3-;4-3-. The quantitative estimate of drug-likeness (QED) is 0.510. The van der Waals surface area contributed by atoms with Gasteiger partial charge in [0.25, 0.3) is 0 Å². The van der Waals surface area contributed by atoms with Gasteiger partial charge in [0.15, 0.2) is 0 Å². The van der Waals surface area contributed by atoms with E-state index in [4.69, 9.17) is 0 Å². The Morgan fingerprint density at radius 2 is 0.857 bits per heavy atom. The van der Waals surface area contributed by atoms with Gasteiger partial charge in [-0.15, -0.1) is 0 Å². The van der Waals surface area contributed by atoms with E-state index >= 15 is 0 Å². The molecule has 0 radical (unpaired) electrons. The molecule has 0 fully saturated rings. The van der Waals surface area contributed by atoms with E-state index in [-0.39, 0.29) is 0 Å². The molecule has 0 aromatic carbocycles. The van der Waals surface area contributed by atoms with Crippen molar-refractivity contribution in [3.8, 4) is 0 Å². The monoisotopic (exact) mass is 196 g/mol. The molecule has 0 saturated heterocycles. The Labute approximate surface area is 91.4 Å². The first-order chi connectivity index (χ1) is 6.74. The lowest BCUT2D eigenvalue weighted by atomic mass is 10.4. The summed E-state index contributed by atoms with van der Waals surface area (Å²) in [5.74, 6) is 0. The van der Waals surface area contributed by atoms with Gasteiger partial charge in [-0.05, 0) is 40.5 Å². The average molecular weight is 196 g/mol. The zero-order valence-electron chi connectivity index (χ0n) is 10.9. The zero-order valence-corrected chi connectivity index (χ0v) is 10.9. The van der Waals surface area contributed by atoms with Crippen LogP contribution in [0.1, 0.15) is 54.4 Å². The van der Waals surface area contributed by atoms with E-state index in [1.165, 1.54) is 0 Å². The molecule has 0 aliphatic carbocycles. The van der Waals surface area contributed by atoms with Crippen molar-refractivity contribution in [2.75, 3.05) is 0 Å². The Hall–Kier alpha value is -0.780. The van der Waals surface area contributed by atoms with Gasteiger partial charge in [-0.1, -0.05) is 50.3 Å². The minimum Gasteiger partial charge on any atom is -0.0919 e. The predicted molar refractivity (Wildman–Crippen MR) is 70.7 cm³/mol. The van der Waals surface area contributed by atoms with E-state index in [0.29, 0.717) is 0 Å². The molecule has 0 rings (SSSR count). The molecule has 0 unspecified atom stereocenters. The molecule has 0 spiro atoms. The zero-order chi connectivity index (χ0) is 11.7. The Balaban J connectivity index is -0.000000131. The molecule has 0 saturated carbocycles. The lowest BCUT2D eigenvalue weighted by Gasteiger charge is -1.65. The highest BCUT2D eigenvalue weighted by atomic mass is 13.6. The first kappa shape index (κ1) is 18.9. The van der Waals surface area contributed by atoms with Crippen LogP contribution in [0.15, 0.2) is 36.5 Å². The van der Waals surface area contributed by atoms with Gasteiger partial charge in [-0.3, -0.25) is 0 Å². The maximum Gasteiger partial charge on any atom is -0.0379 e. The molecule has 0 aromatic heterocycles. The van der Waals surface area contributed by atoms with E-state index in [0.717, 1.165) is 12.8 Å². The molecule has 0 aliphatic heterocycles. The summed E-state index contributed by atoms with van der Waals surface area (Å²) in [5.41, 5.74) is 0. The third kappa shape index (κ3) is 65.8. The molecule has 14 heavy (non-hydrogen) atoms. The van der Waals surface area contributed by atoms with Crippen LogP contribution in [0, 0.1) is 0 Å². The Morgan fingerprint density at radius 1 is 0.571 bits per heavy atom. The maximum atomic E-state index is 2.12. The van der Waals surface area contributed by atoms with Gasteiger partial charge in [0.1, 0.15) is 0 Å². The molecule has 0 bridgehead atoms. The van der Waals surface area contributed by atoms with Crippen LogP contribution in [0.2, 0.25) is 0 Å². The van der Waals surface area contributed by atoms with Gasteiger partial charge < -0.3 is 0 Å². The molecule has 0 N–H and O–H groups in total. The van der Waals surface area contributed by atoms with Crippen LogP contribution < -0.4 is 0 Å². The third-order valence-corrected chi connectivity index (χ3v) is 1.28. The SMILES string of the molecule is C/C=C\C.C/C=C\CC.C/C=C\CC. The summed E-state index contributed by atoms with van der Waals surface area (Å²) >= 11 is 0. The molecule has 0 amide bonds. The van der Waals surface area contributed by atoms with Crippen molar-refractivity contribution in [1.82, 2.24) is 0 Å². The van der Waals surface area contributed by atoms with Crippen LogP contribution in [0.3, 0.4) is 0 Å². The third-order valence-electron chi connectivity index (χ3n) is 1.28. The number of rotatable bonds is 2. The van der Waals surface area contributed by atoms with Crippen LogP contribution in [0.5, 0.6) is 0 Å². The fourth-order valence-corrected chi connectivity index (χ4v) is 0.471. The van der Waals surface area contributed by atoms with Crippen LogP contribution >= 0.6 is 0 Å². The van der Waals surface area contributed by atoms with Crippen molar-refractivity contribution >= 4 is 0 Å². The summed E-state index contributed by atoms with van der Waals surface area (Å²) in [4.78, 5) is 0. The summed E-state index contributed by atoms with van der Waals surface area (Å²) in [7, 11) is 0. The first-order valence-corrected chi connectivity index (χ1v) is 5.54. The summed E-state index contributed by atoms with van der Waals surface area (Å²) in [6, 6.07) is 0. The second-order valence-corrected chi connectivity index (χ2v) is 2.62. The van der Waals surface area contributed by atoms with Crippen molar-refractivity contribution in [3.63, 3.8) is 0 Å². The van der Waals surface area contributed by atoms with Gasteiger partial charge in [0.05, 0.1) is 0 Å². The summed E-state index contributed by atoms with van der Waals surface area (Å²) in [5, 5.41) is 0. The van der Waals surface area contributed by atoms with Crippen LogP contribution in [0.4, 0.5) is 0 Å². The highest BCUT2D eigenvalue weighted by Crippen LogP contribution is 1.74. The van der Waals surface area contributed by atoms with Crippen LogP contribution in [-0.4, -0.2) is 0 Å². The van der Waals surface area contributed by atoms with Crippen molar-refractivity contribution in [2.24, 2.45) is 0 Å². The van der Waals surface area contributed by atoms with Gasteiger partial charge in [0.2, 0.25) is 0 Å². The molecule has 0 heterocycles. The lowest BCUT2D eigenvalue weighted by Crippen LogP contribution is -1.43. The maximum absolute atomic E-state index is 2.12. The van der Waals surface area contributed by atoms with Gasteiger partial charge in [-0.25, -0.2) is 0 Å². The summed E-state index contributed by atoms with van der Waals surface area (Å²) < 4.78 is 0. The highest BCUT2D eigenvalue weighted by Gasteiger charge is 1.52. The highest BCUT2D eigenvalue weighted by molar-refractivity contribution is 4.73. The van der Waals surface area contributed by atoms with Crippen molar-refractivity contribution in [1.29, 1.82) is 0 Å². The van der Waals surface area contributed by atoms with Crippen LogP contribution in [0.25, 0.3) is 0 Å². The fraction of sp³-hybridized carbons (Fsp3) is 0.571. The number of hydrogen-bond donors (Lipinski definition) is 0. The second-order valence-electron chi connectivity index (χ2n) is 2.62. The normalized spacial score (nSPS) is 9.86. The van der Waals surface area contributed by atoms with Crippen LogP contribution in [-0.2, 0) is 0 Å². The fourth-order valence-electron chi connectivity index (χ4n) is 0.471. The Bertz CT molecular complexity index is 111. The smallest absolute Gasteiger partial charge is 0.0379 e. The van der Waals surface area contributed by atoms with Gasteiger partial charge in [0, 0.05) is 0 Å². The van der Waals surface area contributed by atoms with E-state index in [1.807, 2.05) is 39.8 Å². The van der Waals surface area contributed by atoms with Gasteiger partial charge in [-0.2, -0.15) is 0 Å². The minimum atomic E-state index is 1.16. The molecular formula is C14H28. The van der Waals surface area contributed by atoms with Crippen molar-refractivity contribution in [2.45, 2.75) is 54.4 Å². The van der Waals surface area contributed by atoms with Crippen molar-refractivity contribution in [3.05, 3.63) is 36.5 Å². The van der Waals surface area contributed by atoms with E-state index in [9.17, 15) is 0 Å². The second kappa shape index (κ2) is 29.5. The number of hydrogen-bond acceptors (Lipinski definition) is 0. The molecule has 0 heteroatoms. The molecule has 0 atom stereocenters. The molecule has 0 nitrogen and oxygen atoms in total. The van der Waals surface area contributed by atoms with Crippen molar-refractivity contribution < 1.29 is 0 Å². The largest absolute Gasteiger partial charge is 0.0919 e. The Morgan fingerprint density at radius 3 is 0.857 bits per heavy atom. The topological polar surface area (TPSA) is 0 Å². The van der Waals surface area contributed by atoms with E-state index in [2.05, 4.69) is 38.2 Å². The van der Waals surface area contributed by atoms with Gasteiger partial charge >= 0.3 is 0 Å². The summed E-state index contributed by atoms with van der Waals surface area (Å²) in [6.07, 6.45) is 14.7. The first-order valence-electron chi connectivity index (χ1n) is 5.54. The molecule has 0 aromatic rings. The minimum absolute atomic E-state index is 1.16. The van der Waals surface area contributed by atoms with E-state index in [1.54, 1.807) is 0 Å².